The zero-order chi connectivity index (χ0) is 40.7. The summed E-state index contributed by atoms with van der Waals surface area (Å²) in [5, 5.41) is 55.0. The van der Waals surface area contributed by atoms with Gasteiger partial charge < -0.3 is 40.3 Å². The van der Waals surface area contributed by atoms with Crippen LogP contribution in [0.3, 0.4) is 0 Å². The van der Waals surface area contributed by atoms with Crippen LogP contribution in [0.1, 0.15) is 181 Å². The molecule has 1 saturated heterocycles. The maximum atomic E-state index is 13.0. The summed E-state index contributed by atoms with van der Waals surface area (Å²) in [5.74, 6) is -0.702. The van der Waals surface area contributed by atoms with E-state index >= 15 is 0 Å². The normalized spacial score (nSPS) is 22.2. The molecule has 0 saturated carbocycles. The van der Waals surface area contributed by atoms with Gasteiger partial charge in [0.1, 0.15) is 30.5 Å². The van der Waals surface area contributed by atoms with Gasteiger partial charge in [-0.1, -0.05) is 174 Å². The Hall–Kier alpha value is -1.20. The van der Waals surface area contributed by atoms with E-state index in [1.165, 1.54) is 115 Å². The van der Waals surface area contributed by atoms with Crippen molar-refractivity contribution in [2.75, 3.05) is 13.2 Å². The molecule has 55 heavy (non-hydrogen) atoms. The SMILES string of the molecule is CCCCCCCCCC/C=C/C(O)C(COC1OC(CO)C(O)C(OS(=O)(=O)O)C1O)NC(=O)C(O)CCCCCCCCCCCCCCCCCC. The van der Waals surface area contributed by atoms with E-state index in [-0.39, 0.29) is 6.42 Å². The molecule has 7 N–H and O–H groups in total. The summed E-state index contributed by atoms with van der Waals surface area (Å²) in [6.07, 6.45) is 21.7. The summed E-state index contributed by atoms with van der Waals surface area (Å²) in [5.41, 5.74) is 0. The summed E-state index contributed by atoms with van der Waals surface area (Å²) in [7, 11) is -5.11. The number of hydrogen-bond acceptors (Lipinski definition) is 11. The summed E-state index contributed by atoms with van der Waals surface area (Å²) < 4.78 is 47.3. The predicted octanol–water partition coefficient (Wildman–Crippen LogP) is 6.58. The van der Waals surface area contributed by atoms with Crippen LogP contribution in [0.25, 0.3) is 0 Å². The van der Waals surface area contributed by atoms with Gasteiger partial charge in [0.2, 0.25) is 5.91 Å². The lowest BCUT2D eigenvalue weighted by Gasteiger charge is -2.41. The van der Waals surface area contributed by atoms with Crippen LogP contribution in [0.5, 0.6) is 0 Å². The Morgan fingerprint density at radius 2 is 1.18 bits per heavy atom. The van der Waals surface area contributed by atoms with E-state index in [4.69, 9.17) is 14.0 Å². The van der Waals surface area contributed by atoms with Crippen molar-refractivity contribution < 1.29 is 57.0 Å². The van der Waals surface area contributed by atoms with Crippen molar-refractivity contribution in [3.05, 3.63) is 12.2 Å². The fourth-order valence-electron chi connectivity index (χ4n) is 6.93. The molecule has 0 aromatic heterocycles. The Morgan fingerprint density at radius 3 is 1.64 bits per heavy atom. The number of unbranched alkanes of at least 4 members (excludes halogenated alkanes) is 23. The molecule has 0 spiro atoms. The van der Waals surface area contributed by atoms with Gasteiger partial charge in [-0.2, -0.15) is 8.42 Å². The Morgan fingerprint density at radius 1 is 0.727 bits per heavy atom. The van der Waals surface area contributed by atoms with Gasteiger partial charge in [-0.25, -0.2) is 4.18 Å². The molecule has 1 rings (SSSR count). The molecule has 1 heterocycles. The molecule has 1 aliphatic rings. The van der Waals surface area contributed by atoms with Crippen molar-refractivity contribution in [1.82, 2.24) is 5.32 Å². The number of hydrogen-bond donors (Lipinski definition) is 7. The summed E-state index contributed by atoms with van der Waals surface area (Å²) in [6, 6.07) is -1.11. The minimum absolute atomic E-state index is 0.247. The van der Waals surface area contributed by atoms with E-state index in [2.05, 4.69) is 23.3 Å². The maximum Gasteiger partial charge on any atom is 0.397 e. The van der Waals surface area contributed by atoms with Gasteiger partial charge in [-0.05, 0) is 19.3 Å². The van der Waals surface area contributed by atoms with Crippen LogP contribution in [0.4, 0.5) is 0 Å². The number of ether oxygens (including phenoxy) is 2. The number of nitrogens with one attached hydrogen (secondary N) is 1. The largest absolute Gasteiger partial charge is 0.397 e. The van der Waals surface area contributed by atoms with E-state index in [1.54, 1.807) is 0 Å². The van der Waals surface area contributed by atoms with Crippen molar-refractivity contribution in [2.45, 2.75) is 230 Å². The number of carbonyl (C=O) groups is 1. The molecular formula is C41H79NO12S. The number of allylic oxidation sites excluding steroid dienone is 1. The summed E-state index contributed by atoms with van der Waals surface area (Å²) >= 11 is 0. The summed E-state index contributed by atoms with van der Waals surface area (Å²) in [4.78, 5) is 13.0. The predicted molar refractivity (Wildman–Crippen MR) is 215 cm³/mol. The van der Waals surface area contributed by atoms with Crippen molar-refractivity contribution in [1.29, 1.82) is 0 Å². The molecule has 14 heteroatoms. The minimum atomic E-state index is -5.11. The number of carbonyl (C=O) groups excluding carboxylic acids is 1. The van der Waals surface area contributed by atoms with Crippen LogP contribution in [0.2, 0.25) is 0 Å². The number of aliphatic hydroxyl groups is 5. The van der Waals surface area contributed by atoms with Crippen LogP contribution in [-0.2, 0) is 28.9 Å². The lowest BCUT2D eigenvalue weighted by molar-refractivity contribution is -0.298. The molecule has 1 amide bonds. The first-order valence-electron chi connectivity index (χ1n) is 21.7. The van der Waals surface area contributed by atoms with Gasteiger partial charge in [-0.3, -0.25) is 9.35 Å². The zero-order valence-electron chi connectivity index (χ0n) is 34.1. The highest BCUT2D eigenvalue weighted by Gasteiger charge is 2.48. The topological polar surface area (TPSA) is 212 Å². The molecule has 0 radical (unpaired) electrons. The second-order valence-corrected chi connectivity index (χ2v) is 16.5. The average Bonchev–Trinajstić information content (AvgIpc) is 3.15. The Bertz CT molecular complexity index is 1060. The molecule has 0 bridgehead atoms. The zero-order valence-corrected chi connectivity index (χ0v) is 34.9. The Balaban J connectivity index is 2.59. The van der Waals surface area contributed by atoms with Crippen LogP contribution in [0, 0.1) is 0 Å². The molecule has 8 atom stereocenters. The molecule has 13 nitrogen and oxygen atoms in total. The molecule has 0 aromatic carbocycles. The van der Waals surface area contributed by atoms with Gasteiger partial charge >= 0.3 is 10.4 Å². The molecular weight excluding hydrogens is 731 g/mol. The first kappa shape index (κ1) is 51.8. The molecule has 1 aliphatic heterocycles. The molecule has 0 aliphatic carbocycles. The Labute approximate surface area is 333 Å². The molecule has 1 fully saturated rings. The van der Waals surface area contributed by atoms with E-state index in [0.29, 0.717) is 12.8 Å². The van der Waals surface area contributed by atoms with Crippen molar-refractivity contribution in [3.8, 4) is 0 Å². The van der Waals surface area contributed by atoms with Crippen molar-refractivity contribution in [3.63, 3.8) is 0 Å². The molecule has 0 aromatic rings. The first-order chi connectivity index (χ1) is 26.4. The number of aliphatic hydroxyl groups excluding tert-OH is 5. The smallest absolute Gasteiger partial charge is 0.394 e. The fourth-order valence-corrected chi connectivity index (χ4v) is 7.44. The van der Waals surface area contributed by atoms with Crippen LogP contribution >= 0.6 is 0 Å². The highest BCUT2D eigenvalue weighted by Crippen LogP contribution is 2.26. The Kier molecular flexibility index (Phi) is 30.8. The molecule has 326 valence electrons. The van der Waals surface area contributed by atoms with Crippen LogP contribution in [-0.4, -0.2) is 107 Å². The monoisotopic (exact) mass is 810 g/mol. The third kappa shape index (κ3) is 25.7. The third-order valence-corrected chi connectivity index (χ3v) is 10.9. The van der Waals surface area contributed by atoms with E-state index in [1.807, 2.05) is 6.08 Å². The van der Waals surface area contributed by atoms with E-state index in [9.17, 15) is 38.7 Å². The number of amides is 1. The summed E-state index contributed by atoms with van der Waals surface area (Å²) in [6.45, 7) is 3.18. The van der Waals surface area contributed by atoms with Gasteiger partial charge in [0, 0.05) is 0 Å². The fraction of sp³-hybridized carbons (Fsp3) is 0.927. The average molecular weight is 810 g/mol. The molecule has 8 unspecified atom stereocenters. The number of rotatable bonds is 36. The minimum Gasteiger partial charge on any atom is -0.394 e. The second-order valence-electron chi connectivity index (χ2n) is 15.4. The highest BCUT2D eigenvalue weighted by molar-refractivity contribution is 7.80. The quantitative estimate of drug-likeness (QED) is 0.0203. The van der Waals surface area contributed by atoms with E-state index in [0.717, 1.165) is 38.5 Å². The maximum absolute atomic E-state index is 13.0. The lowest BCUT2D eigenvalue weighted by atomic mass is 9.99. The highest BCUT2D eigenvalue weighted by atomic mass is 32.3. The second kappa shape index (κ2) is 32.7. The van der Waals surface area contributed by atoms with Gasteiger partial charge in [-0.15, -0.1) is 0 Å². The van der Waals surface area contributed by atoms with Crippen molar-refractivity contribution >= 4 is 16.3 Å². The third-order valence-electron chi connectivity index (χ3n) is 10.4. The van der Waals surface area contributed by atoms with Crippen LogP contribution in [0.15, 0.2) is 12.2 Å². The van der Waals surface area contributed by atoms with Gasteiger partial charge in [0.15, 0.2) is 6.29 Å². The van der Waals surface area contributed by atoms with Crippen LogP contribution < -0.4 is 5.32 Å². The van der Waals surface area contributed by atoms with E-state index < -0.39 is 78.5 Å². The lowest BCUT2D eigenvalue weighted by Crippen LogP contribution is -2.61. The van der Waals surface area contributed by atoms with Crippen molar-refractivity contribution in [2.24, 2.45) is 0 Å². The standard InChI is InChI=1S/C41H79NO12S/c1-3-5-7-9-11-13-15-16-17-18-19-20-22-24-26-28-30-35(45)40(48)42-33(34(44)29-27-25-23-21-14-12-10-8-6-4-2)32-52-41-38(47)39(54-55(49,50)51)37(46)36(31-43)53-41/h27,29,33-39,41,43-47H,3-26,28,30-32H2,1-2H3,(H,42,48)(H,49,50,51)/b29-27+. The van der Waals surface area contributed by atoms with Gasteiger partial charge in [0.05, 0.1) is 25.4 Å². The first-order valence-corrected chi connectivity index (χ1v) is 23.0. The van der Waals surface area contributed by atoms with Gasteiger partial charge in [0.25, 0.3) is 0 Å².